The van der Waals surface area contributed by atoms with Crippen LogP contribution in [0.25, 0.3) is 0 Å². The smallest absolute Gasteiger partial charge is 0.135 e. The van der Waals surface area contributed by atoms with Crippen molar-refractivity contribution in [1.29, 1.82) is 0 Å². The Bertz CT molecular complexity index is 552. The second-order valence-corrected chi connectivity index (χ2v) is 7.47. The summed E-state index contributed by atoms with van der Waals surface area (Å²) in [5, 5.41) is 6.98. The monoisotopic (exact) mass is 286 g/mol. The third-order valence-corrected chi connectivity index (χ3v) is 5.96. The minimum Gasteiger partial charge on any atom is -0.373 e. The number of rotatable bonds is 4. The van der Waals surface area contributed by atoms with Gasteiger partial charge in [-0.25, -0.2) is 9.97 Å². The largest absolute Gasteiger partial charge is 0.373 e. The Morgan fingerprint density at radius 3 is 2.24 bits per heavy atom. The highest BCUT2D eigenvalue weighted by molar-refractivity contribution is 5.58. The van der Waals surface area contributed by atoms with E-state index in [-0.39, 0.29) is 0 Å². The fraction of sp³-hybridized carbons (Fsp3) is 0.765. The van der Waals surface area contributed by atoms with E-state index in [2.05, 4.69) is 36.4 Å². The molecule has 4 heteroatoms. The molecular formula is C17H26N4. The zero-order valence-corrected chi connectivity index (χ0v) is 13.5. The lowest BCUT2D eigenvalue weighted by molar-refractivity contribution is 0.456. The summed E-state index contributed by atoms with van der Waals surface area (Å²) < 4.78 is 0. The molecular weight excluding hydrogens is 260 g/mol. The van der Waals surface area contributed by atoms with Gasteiger partial charge in [0.05, 0.1) is 0 Å². The molecule has 1 heterocycles. The van der Waals surface area contributed by atoms with E-state index in [9.17, 15) is 0 Å². The molecule has 4 rings (SSSR count). The van der Waals surface area contributed by atoms with Gasteiger partial charge in [0.2, 0.25) is 0 Å². The lowest BCUT2D eigenvalue weighted by atomic mass is 10.0. The van der Waals surface area contributed by atoms with Crippen LogP contribution in [0.4, 0.5) is 11.6 Å². The van der Waals surface area contributed by atoms with E-state index in [4.69, 9.17) is 4.98 Å². The third kappa shape index (κ3) is 1.95. The topological polar surface area (TPSA) is 49.8 Å². The molecule has 21 heavy (non-hydrogen) atoms. The molecule has 3 fully saturated rings. The van der Waals surface area contributed by atoms with Gasteiger partial charge < -0.3 is 10.6 Å². The van der Waals surface area contributed by atoms with Gasteiger partial charge in [-0.15, -0.1) is 0 Å². The summed E-state index contributed by atoms with van der Waals surface area (Å²) in [6.45, 7) is 6.42. The van der Waals surface area contributed by atoms with E-state index in [0.717, 1.165) is 46.7 Å². The fourth-order valence-corrected chi connectivity index (χ4v) is 4.85. The predicted molar refractivity (Wildman–Crippen MR) is 85.6 cm³/mol. The Labute approximate surface area is 127 Å². The summed E-state index contributed by atoms with van der Waals surface area (Å²) in [7, 11) is 1.94. The molecule has 2 N–H and O–H groups in total. The maximum atomic E-state index is 4.80. The van der Waals surface area contributed by atoms with Gasteiger partial charge in [0.15, 0.2) is 0 Å². The van der Waals surface area contributed by atoms with Crippen LogP contribution in [0.5, 0.6) is 0 Å². The van der Waals surface area contributed by atoms with Crippen LogP contribution in [-0.4, -0.2) is 23.1 Å². The van der Waals surface area contributed by atoms with Crippen molar-refractivity contribution in [3.8, 4) is 0 Å². The highest BCUT2D eigenvalue weighted by Crippen LogP contribution is 2.66. The number of nitrogens with zero attached hydrogens (tertiary/aromatic N) is 2. The van der Waals surface area contributed by atoms with Crippen molar-refractivity contribution in [2.45, 2.75) is 52.0 Å². The van der Waals surface area contributed by atoms with Crippen LogP contribution in [0.15, 0.2) is 0 Å². The van der Waals surface area contributed by atoms with Crippen molar-refractivity contribution in [3.63, 3.8) is 0 Å². The maximum absolute atomic E-state index is 4.80. The zero-order valence-electron chi connectivity index (χ0n) is 13.5. The summed E-state index contributed by atoms with van der Waals surface area (Å²) in [4.78, 5) is 9.43. The number of fused-ring (bicyclic) bond motifs is 5. The number of nitrogens with one attached hydrogen (secondary N) is 2. The van der Waals surface area contributed by atoms with Crippen LogP contribution < -0.4 is 10.6 Å². The Morgan fingerprint density at radius 1 is 1.05 bits per heavy atom. The first-order valence-electron chi connectivity index (χ1n) is 8.43. The normalized spacial score (nSPS) is 36.0. The molecule has 4 atom stereocenters. The van der Waals surface area contributed by atoms with Gasteiger partial charge >= 0.3 is 0 Å². The minimum atomic E-state index is 0.355. The molecule has 3 aliphatic carbocycles. The SMILES string of the molecule is CNc1nc(C(C)C)nc(NC2C3C4CCC(C4)C23)c1C. The van der Waals surface area contributed by atoms with Gasteiger partial charge in [-0.3, -0.25) is 0 Å². The molecule has 4 unspecified atom stereocenters. The number of aromatic nitrogens is 2. The lowest BCUT2D eigenvalue weighted by Crippen LogP contribution is -2.17. The Balaban J connectivity index is 1.59. The minimum absolute atomic E-state index is 0.355. The standard InChI is InChI=1S/C17H26N4/c1-8(2)15-20-16(18-4)9(3)17(21-15)19-14-12-10-5-6-11(7-10)13(12)14/h8,10-14H,5-7H2,1-4H3,(H2,18,19,20,21). The molecule has 3 saturated carbocycles. The maximum Gasteiger partial charge on any atom is 0.135 e. The van der Waals surface area contributed by atoms with Crippen LogP contribution in [0.3, 0.4) is 0 Å². The van der Waals surface area contributed by atoms with Crippen molar-refractivity contribution >= 4 is 11.6 Å². The Kier molecular flexibility index (Phi) is 2.92. The fourth-order valence-electron chi connectivity index (χ4n) is 4.85. The summed E-state index contributed by atoms with van der Waals surface area (Å²) in [5.41, 5.74) is 1.15. The first kappa shape index (κ1) is 13.4. The van der Waals surface area contributed by atoms with Gasteiger partial charge in [-0.05, 0) is 49.9 Å². The van der Waals surface area contributed by atoms with Crippen molar-refractivity contribution < 1.29 is 0 Å². The third-order valence-electron chi connectivity index (χ3n) is 5.96. The van der Waals surface area contributed by atoms with Gasteiger partial charge in [-0.1, -0.05) is 13.8 Å². The highest BCUT2D eigenvalue weighted by atomic mass is 15.1. The first-order chi connectivity index (χ1) is 10.1. The van der Waals surface area contributed by atoms with Gasteiger partial charge in [-0.2, -0.15) is 0 Å². The molecule has 0 spiro atoms. The van der Waals surface area contributed by atoms with Crippen LogP contribution in [0.2, 0.25) is 0 Å². The molecule has 2 bridgehead atoms. The summed E-state index contributed by atoms with van der Waals surface area (Å²) in [5.74, 6) is 7.15. The van der Waals surface area contributed by atoms with Gasteiger partial charge in [0.25, 0.3) is 0 Å². The zero-order chi connectivity index (χ0) is 14.7. The highest BCUT2D eigenvalue weighted by Gasteiger charge is 2.65. The molecule has 0 aromatic carbocycles. The summed E-state index contributed by atoms with van der Waals surface area (Å²) >= 11 is 0. The van der Waals surface area contributed by atoms with Crippen LogP contribution in [-0.2, 0) is 0 Å². The van der Waals surface area contributed by atoms with E-state index in [0.29, 0.717) is 12.0 Å². The average Bonchev–Trinajstić information content (AvgIpc) is 2.85. The predicted octanol–water partition coefficient (Wildman–Crippen LogP) is 3.41. The molecule has 0 saturated heterocycles. The molecule has 3 aliphatic rings. The second-order valence-electron chi connectivity index (χ2n) is 7.47. The van der Waals surface area contributed by atoms with Crippen molar-refractivity contribution in [2.75, 3.05) is 17.7 Å². The molecule has 0 amide bonds. The molecule has 1 aromatic heterocycles. The molecule has 4 nitrogen and oxygen atoms in total. The summed E-state index contributed by atoms with van der Waals surface area (Å²) in [6.07, 6.45) is 4.42. The molecule has 114 valence electrons. The van der Waals surface area contributed by atoms with Crippen molar-refractivity contribution in [1.82, 2.24) is 9.97 Å². The quantitative estimate of drug-likeness (QED) is 0.890. The first-order valence-corrected chi connectivity index (χ1v) is 8.43. The van der Waals surface area contributed by atoms with E-state index >= 15 is 0 Å². The van der Waals surface area contributed by atoms with Gasteiger partial charge in [0.1, 0.15) is 17.5 Å². The number of hydrogen-bond donors (Lipinski definition) is 2. The van der Waals surface area contributed by atoms with E-state index in [1.54, 1.807) is 0 Å². The Hall–Kier alpha value is -1.32. The van der Waals surface area contributed by atoms with Gasteiger partial charge in [0, 0.05) is 24.6 Å². The average molecular weight is 286 g/mol. The second kappa shape index (κ2) is 4.59. The number of hydrogen-bond acceptors (Lipinski definition) is 4. The van der Waals surface area contributed by atoms with E-state index in [1.165, 1.54) is 19.3 Å². The van der Waals surface area contributed by atoms with Crippen molar-refractivity contribution in [3.05, 3.63) is 11.4 Å². The van der Waals surface area contributed by atoms with E-state index in [1.807, 2.05) is 7.05 Å². The number of anilines is 2. The molecule has 0 radical (unpaired) electrons. The van der Waals surface area contributed by atoms with E-state index < -0.39 is 0 Å². The van der Waals surface area contributed by atoms with Crippen LogP contribution in [0, 0.1) is 30.6 Å². The van der Waals surface area contributed by atoms with Crippen LogP contribution >= 0.6 is 0 Å². The molecule has 0 aliphatic heterocycles. The Morgan fingerprint density at radius 2 is 1.67 bits per heavy atom. The lowest BCUT2D eigenvalue weighted by Gasteiger charge is -2.17. The van der Waals surface area contributed by atoms with Crippen LogP contribution in [0.1, 0.15) is 50.4 Å². The van der Waals surface area contributed by atoms with Crippen molar-refractivity contribution in [2.24, 2.45) is 23.7 Å². The summed E-state index contributed by atoms with van der Waals surface area (Å²) in [6, 6.07) is 0.676. The molecule has 1 aromatic rings.